The summed E-state index contributed by atoms with van der Waals surface area (Å²) in [6.07, 6.45) is 2.98. The largest absolute Gasteiger partial charge is 0.480 e. The molecule has 6 nitrogen and oxygen atoms in total. The normalized spacial score (nSPS) is 16.8. The van der Waals surface area contributed by atoms with Crippen molar-refractivity contribution >= 4 is 12.1 Å². The summed E-state index contributed by atoms with van der Waals surface area (Å²) in [4.78, 5) is 25.4. The molecule has 0 bridgehead atoms. The predicted octanol–water partition coefficient (Wildman–Crippen LogP) is 3.66. The van der Waals surface area contributed by atoms with E-state index >= 15 is 0 Å². The van der Waals surface area contributed by atoms with E-state index in [2.05, 4.69) is 5.32 Å². The standard InChI is InChI=1S/C21H32N2O4/c1-21(2,3)27-20(26)23-13-11-16(12-14-23)9-10-18(19(24)25)22-15-17-7-5-4-6-8-17/h4-8,16,18,22H,9-15H2,1-3H3,(H,24,25). The summed E-state index contributed by atoms with van der Waals surface area (Å²) in [5.74, 6) is -0.360. The first kappa shape index (κ1) is 21.2. The number of likely N-dealkylation sites (tertiary alicyclic amines) is 1. The maximum Gasteiger partial charge on any atom is 0.410 e. The second-order valence-corrected chi connectivity index (χ2v) is 8.25. The molecule has 0 aromatic heterocycles. The van der Waals surface area contributed by atoms with E-state index < -0.39 is 17.6 Å². The predicted molar refractivity (Wildman–Crippen MR) is 104 cm³/mol. The molecule has 1 fully saturated rings. The van der Waals surface area contributed by atoms with Crippen molar-refractivity contribution in [2.75, 3.05) is 13.1 Å². The zero-order valence-corrected chi connectivity index (χ0v) is 16.6. The van der Waals surface area contributed by atoms with Crippen molar-refractivity contribution in [3.63, 3.8) is 0 Å². The van der Waals surface area contributed by atoms with Crippen molar-refractivity contribution in [3.8, 4) is 0 Å². The molecule has 0 saturated carbocycles. The number of carbonyl (C=O) groups is 2. The molecule has 1 aromatic carbocycles. The van der Waals surface area contributed by atoms with Gasteiger partial charge in [0.25, 0.3) is 0 Å². The number of carboxylic acid groups (broad SMARTS) is 1. The van der Waals surface area contributed by atoms with Crippen molar-refractivity contribution in [1.29, 1.82) is 0 Å². The summed E-state index contributed by atoms with van der Waals surface area (Å²) >= 11 is 0. The maximum absolute atomic E-state index is 12.1. The number of carboxylic acids is 1. The number of hydrogen-bond donors (Lipinski definition) is 2. The van der Waals surface area contributed by atoms with Gasteiger partial charge in [-0.1, -0.05) is 30.3 Å². The molecule has 1 unspecified atom stereocenters. The summed E-state index contributed by atoms with van der Waals surface area (Å²) in [5.41, 5.74) is 0.599. The molecule has 150 valence electrons. The molecule has 1 aromatic rings. The number of carbonyl (C=O) groups excluding carboxylic acids is 1. The topological polar surface area (TPSA) is 78.9 Å². The fraction of sp³-hybridized carbons (Fsp3) is 0.619. The Labute approximate surface area is 161 Å². The molecule has 1 amide bonds. The lowest BCUT2D eigenvalue weighted by Crippen LogP contribution is -2.42. The highest BCUT2D eigenvalue weighted by Gasteiger charge is 2.27. The van der Waals surface area contributed by atoms with Gasteiger partial charge in [-0.05, 0) is 57.9 Å². The van der Waals surface area contributed by atoms with Gasteiger partial charge >= 0.3 is 12.1 Å². The fourth-order valence-electron chi connectivity index (χ4n) is 3.28. The number of nitrogens with zero attached hydrogens (tertiary/aromatic N) is 1. The van der Waals surface area contributed by atoms with Gasteiger partial charge in [0.05, 0.1) is 0 Å². The first-order chi connectivity index (χ1) is 12.7. The Hall–Kier alpha value is -2.08. The highest BCUT2D eigenvalue weighted by molar-refractivity contribution is 5.73. The highest BCUT2D eigenvalue weighted by Crippen LogP contribution is 2.24. The third kappa shape index (κ3) is 7.59. The lowest BCUT2D eigenvalue weighted by Gasteiger charge is -2.33. The van der Waals surface area contributed by atoms with Crippen LogP contribution in [0, 0.1) is 5.92 Å². The second-order valence-electron chi connectivity index (χ2n) is 8.25. The number of benzene rings is 1. The van der Waals surface area contributed by atoms with E-state index in [1.165, 1.54) is 0 Å². The molecule has 1 aliphatic heterocycles. The van der Waals surface area contributed by atoms with Crippen molar-refractivity contribution in [2.45, 2.75) is 64.6 Å². The first-order valence-electron chi connectivity index (χ1n) is 9.72. The molecule has 0 radical (unpaired) electrons. The molecule has 0 aliphatic carbocycles. The van der Waals surface area contributed by atoms with Crippen LogP contribution >= 0.6 is 0 Å². The third-order valence-electron chi connectivity index (χ3n) is 4.82. The number of aliphatic carboxylic acids is 1. The Bertz CT molecular complexity index is 604. The summed E-state index contributed by atoms with van der Waals surface area (Å²) in [7, 11) is 0. The smallest absolute Gasteiger partial charge is 0.410 e. The Balaban J connectivity index is 1.73. The molecule has 2 N–H and O–H groups in total. The Morgan fingerprint density at radius 2 is 1.85 bits per heavy atom. The van der Waals surface area contributed by atoms with E-state index in [4.69, 9.17) is 4.74 Å². The van der Waals surface area contributed by atoms with Crippen LogP contribution in [0.1, 0.15) is 52.0 Å². The molecule has 0 spiro atoms. The molecule has 1 atom stereocenters. The first-order valence-corrected chi connectivity index (χ1v) is 9.72. The van der Waals surface area contributed by atoms with Crippen LogP contribution < -0.4 is 5.32 Å². The van der Waals surface area contributed by atoms with Gasteiger partial charge in [0, 0.05) is 19.6 Å². The number of nitrogens with one attached hydrogen (secondary N) is 1. The monoisotopic (exact) mass is 376 g/mol. The molecule has 6 heteroatoms. The maximum atomic E-state index is 12.1. The van der Waals surface area contributed by atoms with Gasteiger partial charge in [0.2, 0.25) is 0 Å². The van der Waals surface area contributed by atoms with Crippen molar-refractivity contribution in [1.82, 2.24) is 10.2 Å². The van der Waals surface area contributed by atoms with Gasteiger partial charge in [0.15, 0.2) is 0 Å². The van der Waals surface area contributed by atoms with E-state index in [9.17, 15) is 14.7 Å². The Morgan fingerprint density at radius 1 is 1.22 bits per heavy atom. The van der Waals surface area contributed by atoms with E-state index in [1.807, 2.05) is 51.1 Å². The second kappa shape index (κ2) is 9.74. The molecule has 1 saturated heterocycles. The summed E-state index contributed by atoms with van der Waals surface area (Å²) in [6.45, 7) is 7.50. The minimum atomic E-state index is -0.808. The summed E-state index contributed by atoms with van der Waals surface area (Å²) in [5, 5.41) is 12.6. The van der Waals surface area contributed by atoms with E-state index in [-0.39, 0.29) is 6.09 Å². The van der Waals surface area contributed by atoms with E-state index in [0.717, 1.165) is 24.8 Å². The van der Waals surface area contributed by atoms with Gasteiger partial charge in [-0.25, -0.2) is 4.79 Å². The number of piperidine rings is 1. The average molecular weight is 376 g/mol. The Morgan fingerprint density at radius 3 is 2.41 bits per heavy atom. The van der Waals surface area contributed by atoms with Gasteiger partial charge in [-0.2, -0.15) is 0 Å². The molecule has 27 heavy (non-hydrogen) atoms. The molecular formula is C21H32N2O4. The Kier molecular flexibility index (Phi) is 7.66. The summed E-state index contributed by atoms with van der Waals surface area (Å²) in [6, 6.07) is 9.27. The lowest BCUT2D eigenvalue weighted by molar-refractivity contribution is -0.139. The minimum absolute atomic E-state index is 0.256. The number of amides is 1. The van der Waals surface area contributed by atoms with Crippen LogP contribution in [-0.2, 0) is 16.1 Å². The fourth-order valence-corrected chi connectivity index (χ4v) is 3.28. The van der Waals surface area contributed by atoms with Crippen LogP contribution in [0.25, 0.3) is 0 Å². The van der Waals surface area contributed by atoms with E-state index in [1.54, 1.807) is 4.90 Å². The van der Waals surface area contributed by atoms with Gasteiger partial charge in [-0.3, -0.25) is 4.79 Å². The van der Waals surface area contributed by atoms with Crippen molar-refractivity contribution < 1.29 is 19.4 Å². The average Bonchev–Trinajstić information content (AvgIpc) is 2.61. The van der Waals surface area contributed by atoms with Crippen LogP contribution in [0.2, 0.25) is 0 Å². The zero-order valence-electron chi connectivity index (χ0n) is 16.6. The summed E-state index contributed by atoms with van der Waals surface area (Å²) < 4.78 is 5.42. The zero-order chi connectivity index (χ0) is 19.9. The quantitative estimate of drug-likeness (QED) is 0.759. The number of hydrogen-bond acceptors (Lipinski definition) is 4. The van der Waals surface area contributed by atoms with Gasteiger partial charge in [0.1, 0.15) is 11.6 Å². The van der Waals surface area contributed by atoms with Crippen LogP contribution in [-0.4, -0.2) is 46.8 Å². The molecule has 1 aliphatic rings. The minimum Gasteiger partial charge on any atom is -0.480 e. The molecular weight excluding hydrogens is 344 g/mol. The van der Waals surface area contributed by atoms with Crippen LogP contribution in [0.3, 0.4) is 0 Å². The van der Waals surface area contributed by atoms with Crippen LogP contribution in [0.4, 0.5) is 4.79 Å². The van der Waals surface area contributed by atoms with Crippen LogP contribution in [0.5, 0.6) is 0 Å². The van der Waals surface area contributed by atoms with Crippen LogP contribution in [0.15, 0.2) is 30.3 Å². The lowest BCUT2D eigenvalue weighted by atomic mass is 9.90. The molecule has 1 heterocycles. The number of rotatable bonds is 7. The van der Waals surface area contributed by atoms with Gasteiger partial charge < -0.3 is 20.1 Å². The van der Waals surface area contributed by atoms with Crippen molar-refractivity contribution in [2.24, 2.45) is 5.92 Å². The number of ether oxygens (including phenoxy) is 1. The molecule has 2 rings (SSSR count). The SMILES string of the molecule is CC(C)(C)OC(=O)N1CCC(CCC(NCc2ccccc2)C(=O)O)CC1. The van der Waals surface area contributed by atoms with E-state index in [0.29, 0.717) is 32.0 Å². The van der Waals surface area contributed by atoms with Crippen molar-refractivity contribution in [3.05, 3.63) is 35.9 Å². The van der Waals surface area contributed by atoms with Gasteiger partial charge in [-0.15, -0.1) is 0 Å². The third-order valence-corrected chi connectivity index (χ3v) is 4.82. The highest BCUT2D eigenvalue weighted by atomic mass is 16.6.